The highest BCUT2D eigenvalue weighted by Gasteiger charge is 2.20. The molecule has 3 nitrogen and oxygen atoms in total. The van der Waals surface area contributed by atoms with E-state index < -0.39 is 0 Å². The summed E-state index contributed by atoms with van der Waals surface area (Å²) in [6.07, 6.45) is 4.10. The van der Waals surface area contributed by atoms with Gasteiger partial charge in [-0.3, -0.25) is 4.90 Å². The van der Waals surface area contributed by atoms with Gasteiger partial charge in [-0.05, 0) is 37.9 Å². The van der Waals surface area contributed by atoms with Gasteiger partial charge in [-0.25, -0.2) is 0 Å². The zero-order chi connectivity index (χ0) is 13.6. The second kappa shape index (κ2) is 7.21. The summed E-state index contributed by atoms with van der Waals surface area (Å²) in [6.45, 7) is 8.47. The number of nitrogens with zero attached hydrogens (tertiary/aromatic N) is 2. The maximum Gasteiger partial charge on any atom is 0.0234 e. The van der Waals surface area contributed by atoms with E-state index in [1.165, 1.54) is 64.1 Å². The molecule has 0 radical (unpaired) electrons. The summed E-state index contributed by atoms with van der Waals surface area (Å²) in [5.74, 6) is 0. The minimum Gasteiger partial charge on any atom is -0.314 e. The predicted molar refractivity (Wildman–Crippen MR) is 83.8 cm³/mol. The third-order valence-electron chi connectivity index (χ3n) is 4.38. The average molecular weight is 273 g/mol. The van der Waals surface area contributed by atoms with Crippen LogP contribution in [-0.4, -0.2) is 55.1 Å². The summed E-state index contributed by atoms with van der Waals surface area (Å²) >= 11 is 0. The molecular weight excluding hydrogens is 246 g/mol. The lowest BCUT2D eigenvalue weighted by molar-refractivity contribution is 0.126. The Kier molecular flexibility index (Phi) is 5.06. The van der Waals surface area contributed by atoms with Gasteiger partial charge in [0.2, 0.25) is 0 Å². The molecule has 0 unspecified atom stereocenters. The smallest absolute Gasteiger partial charge is 0.0234 e. The van der Waals surface area contributed by atoms with Gasteiger partial charge in [0.15, 0.2) is 0 Å². The van der Waals surface area contributed by atoms with Crippen LogP contribution in [0.4, 0.5) is 0 Å². The summed E-state index contributed by atoms with van der Waals surface area (Å²) in [7, 11) is 0. The molecule has 1 saturated heterocycles. The Morgan fingerprint density at radius 1 is 0.950 bits per heavy atom. The van der Waals surface area contributed by atoms with Crippen LogP contribution in [-0.2, 0) is 6.54 Å². The number of nitrogens with one attached hydrogen (secondary N) is 1. The first-order valence-electron chi connectivity index (χ1n) is 8.12. The fourth-order valence-electron chi connectivity index (χ4n) is 2.91. The van der Waals surface area contributed by atoms with Gasteiger partial charge < -0.3 is 10.2 Å². The molecule has 1 heterocycles. The molecule has 2 aliphatic rings. The summed E-state index contributed by atoms with van der Waals surface area (Å²) in [6, 6.07) is 11.7. The Labute approximate surface area is 123 Å². The van der Waals surface area contributed by atoms with Crippen molar-refractivity contribution in [2.75, 3.05) is 39.3 Å². The molecule has 2 fully saturated rings. The van der Waals surface area contributed by atoms with Crippen molar-refractivity contribution in [2.24, 2.45) is 0 Å². The molecule has 3 heteroatoms. The number of hydrogen-bond donors (Lipinski definition) is 1. The van der Waals surface area contributed by atoms with E-state index in [1.54, 1.807) is 0 Å². The molecule has 0 aromatic heterocycles. The van der Waals surface area contributed by atoms with Gasteiger partial charge in [0.05, 0.1) is 0 Å². The third-order valence-corrected chi connectivity index (χ3v) is 4.38. The summed E-state index contributed by atoms with van der Waals surface area (Å²) in [5.41, 5.74) is 1.44. The molecule has 1 aliphatic carbocycles. The molecule has 0 amide bonds. The molecule has 0 spiro atoms. The zero-order valence-electron chi connectivity index (χ0n) is 12.4. The largest absolute Gasteiger partial charge is 0.314 e. The Hall–Kier alpha value is -0.900. The van der Waals surface area contributed by atoms with Crippen molar-refractivity contribution in [1.82, 2.24) is 15.1 Å². The fraction of sp³-hybridized carbons (Fsp3) is 0.647. The van der Waals surface area contributed by atoms with Crippen molar-refractivity contribution < 1.29 is 0 Å². The average Bonchev–Trinajstić information content (AvgIpc) is 3.31. The quantitative estimate of drug-likeness (QED) is 0.766. The highest BCUT2D eigenvalue weighted by atomic mass is 15.3. The molecule has 1 aromatic carbocycles. The molecular formula is C17H27N3. The Morgan fingerprint density at radius 3 is 2.35 bits per heavy atom. The van der Waals surface area contributed by atoms with Crippen LogP contribution in [0.5, 0.6) is 0 Å². The van der Waals surface area contributed by atoms with Crippen molar-refractivity contribution in [3.63, 3.8) is 0 Å². The molecule has 1 saturated carbocycles. The van der Waals surface area contributed by atoms with Gasteiger partial charge in [-0.15, -0.1) is 0 Å². The molecule has 20 heavy (non-hydrogen) atoms. The standard InChI is InChI=1S/C17H27N3/c1-2-5-16(6-3-1)15-20-13-11-19(12-14-20)10-4-9-18-17-7-8-17/h1-3,5-6,17-18H,4,7-15H2. The molecule has 0 bridgehead atoms. The van der Waals surface area contributed by atoms with Gasteiger partial charge in [-0.2, -0.15) is 0 Å². The lowest BCUT2D eigenvalue weighted by Crippen LogP contribution is -2.46. The summed E-state index contributed by atoms with van der Waals surface area (Å²) in [4.78, 5) is 5.20. The van der Waals surface area contributed by atoms with E-state index in [0.29, 0.717) is 0 Å². The van der Waals surface area contributed by atoms with Crippen LogP contribution in [0, 0.1) is 0 Å². The predicted octanol–water partition coefficient (Wildman–Crippen LogP) is 1.95. The van der Waals surface area contributed by atoms with Crippen molar-refractivity contribution in [3.8, 4) is 0 Å². The van der Waals surface area contributed by atoms with Crippen LogP contribution >= 0.6 is 0 Å². The first-order valence-corrected chi connectivity index (χ1v) is 8.12. The van der Waals surface area contributed by atoms with Crippen LogP contribution in [0.1, 0.15) is 24.8 Å². The van der Waals surface area contributed by atoms with Gasteiger partial charge >= 0.3 is 0 Å². The van der Waals surface area contributed by atoms with Gasteiger partial charge in [0.25, 0.3) is 0 Å². The number of piperazine rings is 1. The monoisotopic (exact) mass is 273 g/mol. The van der Waals surface area contributed by atoms with Crippen LogP contribution in [0.2, 0.25) is 0 Å². The first kappa shape index (κ1) is 14.1. The number of benzene rings is 1. The van der Waals surface area contributed by atoms with Crippen LogP contribution < -0.4 is 5.32 Å². The van der Waals surface area contributed by atoms with Crippen LogP contribution in [0.25, 0.3) is 0 Å². The Bertz CT molecular complexity index is 380. The van der Waals surface area contributed by atoms with Gasteiger partial charge in [0, 0.05) is 38.8 Å². The van der Waals surface area contributed by atoms with Gasteiger partial charge in [0.1, 0.15) is 0 Å². The second-order valence-corrected chi connectivity index (χ2v) is 6.19. The third kappa shape index (κ3) is 4.58. The van der Waals surface area contributed by atoms with Crippen molar-refractivity contribution in [2.45, 2.75) is 31.8 Å². The van der Waals surface area contributed by atoms with Crippen molar-refractivity contribution in [3.05, 3.63) is 35.9 Å². The van der Waals surface area contributed by atoms with E-state index in [4.69, 9.17) is 0 Å². The van der Waals surface area contributed by atoms with Crippen molar-refractivity contribution >= 4 is 0 Å². The van der Waals surface area contributed by atoms with E-state index in [0.717, 1.165) is 12.6 Å². The highest BCUT2D eigenvalue weighted by Crippen LogP contribution is 2.18. The second-order valence-electron chi connectivity index (χ2n) is 6.19. The fourth-order valence-corrected chi connectivity index (χ4v) is 2.91. The molecule has 0 atom stereocenters. The maximum absolute atomic E-state index is 3.60. The van der Waals surface area contributed by atoms with E-state index in [2.05, 4.69) is 45.4 Å². The van der Waals surface area contributed by atoms with E-state index in [1.807, 2.05) is 0 Å². The summed E-state index contributed by atoms with van der Waals surface area (Å²) < 4.78 is 0. The van der Waals surface area contributed by atoms with Crippen LogP contribution in [0.3, 0.4) is 0 Å². The molecule has 3 rings (SSSR count). The highest BCUT2D eigenvalue weighted by molar-refractivity contribution is 5.14. The molecule has 1 N–H and O–H groups in total. The maximum atomic E-state index is 3.60. The van der Waals surface area contributed by atoms with E-state index in [9.17, 15) is 0 Å². The van der Waals surface area contributed by atoms with E-state index in [-0.39, 0.29) is 0 Å². The molecule has 110 valence electrons. The summed E-state index contributed by atoms with van der Waals surface area (Å²) in [5, 5.41) is 3.60. The number of rotatable bonds is 7. The Morgan fingerprint density at radius 2 is 1.65 bits per heavy atom. The minimum atomic E-state index is 0.859. The van der Waals surface area contributed by atoms with Crippen LogP contribution in [0.15, 0.2) is 30.3 Å². The van der Waals surface area contributed by atoms with Crippen molar-refractivity contribution in [1.29, 1.82) is 0 Å². The molecule has 1 aromatic rings. The SMILES string of the molecule is c1ccc(CN2CCN(CCCNC3CC3)CC2)cc1. The normalized spacial score (nSPS) is 21.2. The van der Waals surface area contributed by atoms with E-state index >= 15 is 0 Å². The lowest BCUT2D eigenvalue weighted by Gasteiger charge is -2.34. The Balaban J connectivity index is 1.30. The molecule has 1 aliphatic heterocycles. The van der Waals surface area contributed by atoms with Gasteiger partial charge in [-0.1, -0.05) is 30.3 Å². The minimum absolute atomic E-state index is 0.859. The number of hydrogen-bond acceptors (Lipinski definition) is 3. The first-order chi connectivity index (χ1) is 9.90. The zero-order valence-corrected chi connectivity index (χ0v) is 12.4. The lowest BCUT2D eigenvalue weighted by atomic mass is 10.2. The topological polar surface area (TPSA) is 18.5 Å².